The number of nitrogens with zero attached hydrogens (tertiary/aromatic N) is 1. The number of likely N-dealkylation sites (tertiary alicyclic amines) is 1. The molecular weight excluding hydrogens is 264 g/mol. The van der Waals surface area contributed by atoms with E-state index < -0.39 is 6.10 Å². The molecule has 2 aliphatic heterocycles. The summed E-state index contributed by atoms with van der Waals surface area (Å²) in [6.45, 7) is 4.28. The highest BCUT2D eigenvalue weighted by Crippen LogP contribution is 2.30. The lowest BCUT2D eigenvalue weighted by molar-refractivity contribution is -0.146. The second-order valence-corrected chi connectivity index (χ2v) is 6.22. The summed E-state index contributed by atoms with van der Waals surface area (Å²) in [5.74, 6) is 0.652. The van der Waals surface area contributed by atoms with Crippen molar-refractivity contribution in [2.45, 2.75) is 38.3 Å². The maximum atomic E-state index is 12.8. The van der Waals surface area contributed by atoms with Crippen LogP contribution >= 0.6 is 0 Å². The zero-order valence-corrected chi connectivity index (χ0v) is 12.6. The van der Waals surface area contributed by atoms with Crippen molar-refractivity contribution in [2.24, 2.45) is 11.7 Å². The average molecular weight is 288 g/mol. The molecule has 114 valence electrons. The molecule has 0 bridgehead atoms. The lowest BCUT2D eigenvalue weighted by Gasteiger charge is -2.36. The lowest BCUT2D eigenvalue weighted by Crippen LogP contribution is -2.45. The van der Waals surface area contributed by atoms with Crippen molar-refractivity contribution >= 4 is 5.91 Å². The van der Waals surface area contributed by atoms with Crippen LogP contribution in [-0.2, 0) is 16.0 Å². The molecule has 4 nitrogen and oxygen atoms in total. The number of piperidine rings is 1. The van der Waals surface area contributed by atoms with E-state index in [9.17, 15) is 4.79 Å². The van der Waals surface area contributed by atoms with Crippen molar-refractivity contribution in [3.05, 3.63) is 35.4 Å². The standard InChI is InChI=1S/C17H24N2O2/c1-12(18)13-6-9-19(10-7-13)17(20)16-15-5-3-2-4-14(15)8-11-21-16/h2-5,12-13,16H,6-11,18H2,1H3. The number of benzene rings is 1. The highest BCUT2D eigenvalue weighted by Gasteiger charge is 2.33. The fourth-order valence-corrected chi connectivity index (χ4v) is 3.41. The molecule has 0 aromatic heterocycles. The van der Waals surface area contributed by atoms with Crippen LogP contribution in [0.5, 0.6) is 0 Å². The third-order valence-corrected chi connectivity index (χ3v) is 4.81. The first-order chi connectivity index (χ1) is 10.2. The summed E-state index contributed by atoms with van der Waals surface area (Å²) >= 11 is 0. The van der Waals surface area contributed by atoms with Crippen molar-refractivity contribution in [2.75, 3.05) is 19.7 Å². The van der Waals surface area contributed by atoms with Crippen LogP contribution in [0.2, 0.25) is 0 Å². The Morgan fingerprint density at radius 3 is 2.76 bits per heavy atom. The van der Waals surface area contributed by atoms with Gasteiger partial charge in [-0.1, -0.05) is 24.3 Å². The maximum absolute atomic E-state index is 12.8. The summed E-state index contributed by atoms with van der Waals surface area (Å²) in [5, 5.41) is 0. The molecule has 4 heteroatoms. The summed E-state index contributed by atoms with van der Waals surface area (Å²) < 4.78 is 5.78. The second kappa shape index (κ2) is 6.16. The molecule has 2 N–H and O–H groups in total. The van der Waals surface area contributed by atoms with Crippen LogP contribution in [0, 0.1) is 5.92 Å². The molecule has 2 unspecified atom stereocenters. The van der Waals surface area contributed by atoms with Crippen LogP contribution < -0.4 is 5.73 Å². The minimum atomic E-state index is -0.415. The van der Waals surface area contributed by atoms with Gasteiger partial charge in [-0.25, -0.2) is 0 Å². The van der Waals surface area contributed by atoms with Crippen molar-refractivity contribution in [3.8, 4) is 0 Å². The topological polar surface area (TPSA) is 55.6 Å². The van der Waals surface area contributed by atoms with Crippen LogP contribution in [0.15, 0.2) is 24.3 Å². The number of ether oxygens (including phenoxy) is 1. The molecule has 0 spiro atoms. The van der Waals surface area contributed by atoms with E-state index in [4.69, 9.17) is 10.5 Å². The largest absolute Gasteiger partial charge is 0.363 e. The van der Waals surface area contributed by atoms with Crippen LogP contribution in [0.3, 0.4) is 0 Å². The van der Waals surface area contributed by atoms with Crippen molar-refractivity contribution in [3.63, 3.8) is 0 Å². The van der Waals surface area contributed by atoms with Gasteiger partial charge in [0.05, 0.1) is 6.61 Å². The van der Waals surface area contributed by atoms with E-state index in [1.807, 2.05) is 23.1 Å². The molecule has 2 heterocycles. The minimum absolute atomic E-state index is 0.116. The summed E-state index contributed by atoms with van der Waals surface area (Å²) in [5.41, 5.74) is 8.25. The van der Waals surface area contributed by atoms with Crippen LogP contribution in [0.4, 0.5) is 0 Å². The van der Waals surface area contributed by atoms with Crippen LogP contribution in [0.1, 0.15) is 37.0 Å². The summed E-state index contributed by atoms with van der Waals surface area (Å²) in [6, 6.07) is 8.34. The Morgan fingerprint density at radius 2 is 2.05 bits per heavy atom. The number of fused-ring (bicyclic) bond motifs is 1. The van der Waals surface area contributed by atoms with E-state index in [0.29, 0.717) is 12.5 Å². The lowest BCUT2D eigenvalue weighted by atomic mass is 9.90. The van der Waals surface area contributed by atoms with Crippen LogP contribution in [-0.4, -0.2) is 36.5 Å². The van der Waals surface area contributed by atoms with E-state index >= 15 is 0 Å². The molecule has 21 heavy (non-hydrogen) atoms. The number of carbonyl (C=O) groups excluding carboxylic acids is 1. The molecule has 1 aromatic carbocycles. The first kappa shape index (κ1) is 14.5. The smallest absolute Gasteiger partial charge is 0.256 e. The number of nitrogens with two attached hydrogens (primary N) is 1. The van der Waals surface area contributed by atoms with Gasteiger partial charge in [0.15, 0.2) is 6.10 Å². The minimum Gasteiger partial charge on any atom is -0.363 e. The zero-order valence-electron chi connectivity index (χ0n) is 12.6. The van der Waals surface area contributed by atoms with E-state index in [-0.39, 0.29) is 11.9 Å². The highest BCUT2D eigenvalue weighted by molar-refractivity contribution is 5.83. The summed E-state index contributed by atoms with van der Waals surface area (Å²) in [4.78, 5) is 14.7. The number of hydrogen-bond donors (Lipinski definition) is 1. The van der Waals surface area contributed by atoms with E-state index in [0.717, 1.165) is 37.9 Å². The van der Waals surface area contributed by atoms with Gasteiger partial charge in [0, 0.05) is 19.1 Å². The first-order valence-electron chi connectivity index (χ1n) is 7.90. The Kier molecular flexibility index (Phi) is 4.27. The molecule has 0 aliphatic carbocycles. The quantitative estimate of drug-likeness (QED) is 0.904. The average Bonchev–Trinajstić information content (AvgIpc) is 2.53. The molecule has 3 rings (SSSR count). The highest BCUT2D eigenvalue weighted by atomic mass is 16.5. The van der Waals surface area contributed by atoms with Gasteiger partial charge in [-0.2, -0.15) is 0 Å². The molecule has 1 aromatic rings. The fourth-order valence-electron chi connectivity index (χ4n) is 3.41. The molecule has 1 amide bonds. The van der Waals surface area contributed by atoms with Gasteiger partial charge < -0.3 is 15.4 Å². The van der Waals surface area contributed by atoms with Gasteiger partial charge >= 0.3 is 0 Å². The van der Waals surface area contributed by atoms with Crippen molar-refractivity contribution in [1.29, 1.82) is 0 Å². The molecule has 0 radical (unpaired) electrons. The third kappa shape index (κ3) is 2.97. The SMILES string of the molecule is CC(N)C1CCN(C(=O)C2OCCc3ccccc32)CC1. The Balaban J connectivity index is 1.70. The number of hydrogen-bond acceptors (Lipinski definition) is 3. The Morgan fingerprint density at radius 1 is 1.33 bits per heavy atom. The van der Waals surface area contributed by atoms with E-state index in [1.54, 1.807) is 0 Å². The van der Waals surface area contributed by atoms with Crippen molar-refractivity contribution in [1.82, 2.24) is 4.90 Å². The molecule has 2 aliphatic rings. The monoisotopic (exact) mass is 288 g/mol. The number of rotatable bonds is 2. The second-order valence-electron chi connectivity index (χ2n) is 6.22. The van der Waals surface area contributed by atoms with Gasteiger partial charge in [-0.05, 0) is 43.2 Å². The Hall–Kier alpha value is -1.39. The van der Waals surface area contributed by atoms with Gasteiger partial charge in [0.25, 0.3) is 5.91 Å². The fraction of sp³-hybridized carbons (Fsp3) is 0.588. The molecule has 0 saturated carbocycles. The molecule has 1 saturated heterocycles. The first-order valence-corrected chi connectivity index (χ1v) is 7.90. The molecule has 2 atom stereocenters. The maximum Gasteiger partial charge on any atom is 0.256 e. The normalized spacial score (nSPS) is 24.5. The van der Waals surface area contributed by atoms with E-state index in [1.165, 1.54) is 5.56 Å². The predicted molar refractivity (Wildman–Crippen MR) is 81.8 cm³/mol. The summed E-state index contributed by atoms with van der Waals surface area (Å²) in [7, 11) is 0. The molecule has 1 fully saturated rings. The predicted octanol–water partition coefficient (Wildman–Crippen LogP) is 1.89. The number of carbonyl (C=O) groups is 1. The van der Waals surface area contributed by atoms with Crippen molar-refractivity contribution < 1.29 is 9.53 Å². The van der Waals surface area contributed by atoms with E-state index in [2.05, 4.69) is 13.0 Å². The van der Waals surface area contributed by atoms with Crippen LogP contribution in [0.25, 0.3) is 0 Å². The third-order valence-electron chi connectivity index (χ3n) is 4.81. The van der Waals surface area contributed by atoms with Gasteiger partial charge in [-0.15, -0.1) is 0 Å². The Labute approximate surface area is 126 Å². The Bertz CT molecular complexity index is 507. The number of amides is 1. The van der Waals surface area contributed by atoms with Gasteiger partial charge in [0.1, 0.15) is 0 Å². The van der Waals surface area contributed by atoms with Gasteiger partial charge in [0.2, 0.25) is 0 Å². The zero-order chi connectivity index (χ0) is 14.8. The summed E-state index contributed by atoms with van der Waals surface area (Å²) in [6.07, 6.45) is 2.48. The van der Waals surface area contributed by atoms with Gasteiger partial charge in [-0.3, -0.25) is 4.79 Å². The molecular formula is C17H24N2O2.